The Hall–Kier alpha value is -3.88. The number of aryl methyl sites for hydroxylation is 1. The minimum absolute atomic E-state index is 0.122. The molecule has 1 N–H and O–H groups in total. The van der Waals surface area contributed by atoms with E-state index < -0.39 is 11.0 Å². The van der Waals surface area contributed by atoms with Crippen LogP contribution in [0.4, 0.5) is 11.6 Å². The Labute approximate surface area is 160 Å². The fourth-order valence-electron chi connectivity index (χ4n) is 3.14. The fraction of sp³-hybridized carbons (Fsp3) is 0.158. The highest BCUT2D eigenvalue weighted by Crippen LogP contribution is 2.32. The van der Waals surface area contributed by atoms with Gasteiger partial charge in [0.25, 0.3) is 0 Å². The van der Waals surface area contributed by atoms with E-state index in [4.69, 9.17) is 4.74 Å². The second kappa shape index (κ2) is 7.03. The zero-order chi connectivity index (χ0) is 19.7. The van der Waals surface area contributed by atoms with Crippen molar-refractivity contribution in [2.24, 2.45) is 7.05 Å². The van der Waals surface area contributed by atoms with Crippen molar-refractivity contribution in [3.63, 3.8) is 0 Å². The number of rotatable bonds is 6. The lowest BCUT2D eigenvalue weighted by Gasteiger charge is -2.19. The minimum Gasteiger partial charge on any atom is -0.497 e. The number of benzene rings is 1. The van der Waals surface area contributed by atoms with Crippen LogP contribution >= 0.6 is 0 Å². The number of imidazole rings is 2. The van der Waals surface area contributed by atoms with Gasteiger partial charge in [0.15, 0.2) is 0 Å². The largest absolute Gasteiger partial charge is 0.497 e. The second-order valence-corrected chi connectivity index (χ2v) is 6.22. The van der Waals surface area contributed by atoms with Crippen LogP contribution in [0.15, 0.2) is 61.1 Å². The monoisotopic (exact) mass is 378 g/mol. The second-order valence-electron chi connectivity index (χ2n) is 6.22. The maximum Gasteiger partial charge on any atom is 0.372 e. The number of nitro groups is 1. The maximum absolute atomic E-state index is 11.7. The molecule has 4 aromatic rings. The molecule has 28 heavy (non-hydrogen) atoms. The lowest BCUT2D eigenvalue weighted by Crippen LogP contribution is -2.17. The molecule has 0 amide bonds. The first-order valence-electron chi connectivity index (χ1n) is 8.57. The Bertz CT molecular complexity index is 1130. The average Bonchev–Trinajstić information content (AvgIpc) is 3.29. The van der Waals surface area contributed by atoms with Crippen molar-refractivity contribution in [2.75, 3.05) is 12.4 Å². The molecule has 3 heterocycles. The number of pyridine rings is 1. The Morgan fingerprint density at radius 1 is 1.18 bits per heavy atom. The van der Waals surface area contributed by atoms with Crippen LogP contribution in [0.2, 0.25) is 0 Å². The van der Waals surface area contributed by atoms with Crippen LogP contribution in [0, 0.1) is 10.1 Å². The molecule has 0 saturated carbocycles. The number of hydrogen-bond acceptors (Lipinski definition) is 6. The van der Waals surface area contributed by atoms with Crippen molar-refractivity contribution in [1.82, 2.24) is 18.9 Å². The summed E-state index contributed by atoms with van der Waals surface area (Å²) in [6.07, 6.45) is 5.13. The lowest BCUT2D eigenvalue weighted by atomic mass is 10.1. The number of fused-ring (bicyclic) bond motifs is 1. The van der Waals surface area contributed by atoms with Crippen molar-refractivity contribution in [1.29, 1.82) is 0 Å². The summed E-state index contributed by atoms with van der Waals surface area (Å²) in [6, 6.07) is 12.3. The van der Waals surface area contributed by atoms with Gasteiger partial charge in [0, 0.05) is 25.5 Å². The summed E-state index contributed by atoms with van der Waals surface area (Å²) in [4.78, 5) is 20.1. The molecule has 0 aliphatic carbocycles. The van der Waals surface area contributed by atoms with Gasteiger partial charge in [-0.1, -0.05) is 18.2 Å². The first kappa shape index (κ1) is 17.5. The first-order valence-corrected chi connectivity index (χ1v) is 8.57. The molecule has 9 heteroatoms. The van der Waals surface area contributed by atoms with E-state index in [1.807, 2.05) is 42.1 Å². The molecule has 142 valence electrons. The van der Waals surface area contributed by atoms with Gasteiger partial charge >= 0.3 is 5.82 Å². The molecule has 0 radical (unpaired) electrons. The van der Waals surface area contributed by atoms with Crippen LogP contribution in [0.1, 0.15) is 17.4 Å². The van der Waals surface area contributed by atoms with Gasteiger partial charge in [0.1, 0.15) is 17.6 Å². The molecule has 0 aliphatic heterocycles. The summed E-state index contributed by atoms with van der Waals surface area (Å²) in [5.41, 5.74) is 1.37. The molecular formula is C19H18N6O3. The molecule has 0 spiro atoms. The number of hydrogen-bond donors (Lipinski definition) is 1. The van der Waals surface area contributed by atoms with E-state index in [0.717, 1.165) is 11.3 Å². The highest BCUT2D eigenvalue weighted by atomic mass is 16.6. The average molecular weight is 378 g/mol. The van der Waals surface area contributed by atoms with Crippen LogP contribution in [0.3, 0.4) is 0 Å². The lowest BCUT2D eigenvalue weighted by molar-refractivity contribution is -0.389. The fourth-order valence-corrected chi connectivity index (χ4v) is 3.14. The van der Waals surface area contributed by atoms with Gasteiger partial charge in [-0.15, -0.1) is 0 Å². The van der Waals surface area contributed by atoms with Gasteiger partial charge in [-0.05, 0) is 28.7 Å². The summed E-state index contributed by atoms with van der Waals surface area (Å²) in [6.45, 7) is 0. The predicted molar refractivity (Wildman–Crippen MR) is 104 cm³/mol. The van der Waals surface area contributed by atoms with E-state index >= 15 is 0 Å². The van der Waals surface area contributed by atoms with Crippen molar-refractivity contribution in [3.8, 4) is 5.75 Å². The number of anilines is 1. The number of ether oxygens (including phenoxy) is 1. The van der Waals surface area contributed by atoms with Crippen LogP contribution < -0.4 is 10.1 Å². The molecule has 0 bridgehead atoms. The van der Waals surface area contributed by atoms with Crippen molar-refractivity contribution >= 4 is 17.3 Å². The molecule has 0 aliphatic rings. The molecule has 1 atom stereocenters. The molecular weight excluding hydrogens is 360 g/mol. The van der Waals surface area contributed by atoms with Crippen LogP contribution in [-0.2, 0) is 7.05 Å². The third-order valence-electron chi connectivity index (χ3n) is 4.52. The van der Waals surface area contributed by atoms with Gasteiger partial charge in [0.05, 0.1) is 13.3 Å². The first-order chi connectivity index (χ1) is 13.6. The summed E-state index contributed by atoms with van der Waals surface area (Å²) >= 11 is 0. The summed E-state index contributed by atoms with van der Waals surface area (Å²) in [7, 11) is 3.47. The van der Waals surface area contributed by atoms with E-state index in [9.17, 15) is 10.1 Å². The van der Waals surface area contributed by atoms with E-state index in [0.29, 0.717) is 11.5 Å². The SMILES string of the molecule is COc1ccc(C(Nc2nc3ccccn3c2[N+](=O)[O-])c2nccn2C)cc1. The van der Waals surface area contributed by atoms with E-state index in [-0.39, 0.29) is 11.6 Å². The quantitative estimate of drug-likeness (QED) is 0.409. The standard InChI is InChI=1S/C19H18N6O3/c1-23-12-10-20-18(23)16(13-6-8-14(28-2)9-7-13)22-17-19(25(26)27)24-11-4-3-5-15(24)21-17/h3-12,16,22H,1-2H3. The number of methoxy groups -OCH3 is 1. The van der Waals surface area contributed by atoms with Crippen LogP contribution in [0.5, 0.6) is 5.75 Å². The van der Waals surface area contributed by atoms with E-state index in [1.54, 1.807) is 37.7 Å². The van der Waals surface area contributed by atoms with Gasteiger partial charge < -0.3 is 24.7 Å². The molecule has 0 saturated heterocycles. The maximum atomic E-state index is 11.7. The third-order valence-corrected chi connectivity index (χ3v) is 4.52. The normalized spacial score (nSPS) is 12.1. The van der Waals surface area contributed by atoms with Gasteiger partial charge in [-0.25, -0.2) is 4.98 Å². The summed E-state index contributed by atoms with van der Waals surface area (Å²) in [5.74, 6) is 1.49. The van der Waals surface area contributed by atoms with Gasteiger partial charge in [0.2, 0.25) is 11.5 Å². The van der Waals surface area contributed by atoms with Crippen LogP contribution in [-0.4, -0.2) is 31.0 Å². The number of nitrogens with zero attached hydrogens (tertiary/aromatic N) is 5. The number of aromatic nitrogens is 4. The van der Waals surface area contributed by atoms with Gasteiger partial charge in [-0.3, -0.25) is 0 Å². The molecule has 1 unspecified atom stereocenters. The van der Waals surface area contributed by atoms with Crippen molar-refractivity contribution in [3.05, 3.63) is 82.6 Å². The Kier molecular flexibility index (Phi) is 4.40. The Morgan fingerprint density at radius 3 is 2.61 bits per heavy atom. The predicted octanol–water partition coefficient (Wildman–Crippen LogP) is 3.19. The smallest absolute Gasteiger partial charge is 0.372 e. The van der Waals surface area contributed by atoms with Crippen molar-refractivity contribution in [2.45, 2.75) is 6.04 Å². The molecule has 1 aromatic carbocycles. The van der Waals surface area contributed by atoms with E-state index in [2.05, 4.69) is 15.3 Å². The van der Waals surface area contributed by atoms with E-state index in [1.165, 1.54) is 4.40 Å². The Balaban J connectivity index is 1.82. The van der Waals surface area contributed by atoms with Crippen molar-refractivity contribution < 1.29 is 9.66 Å². The molecule has 9 nitrogen and oxygen atoms in total. The zero-order valence-electron chi connectivity index (χ0n) is 15.3. The summed E-state index contributed by atoms with van der Waals surface area (Å²) < 4.78 is 8.54. The Morgan fingerprint density at radius 2 is 1.96 bits per heavy atom. The molecule has 4 rings (SSSR count). The highest BCUT2D eigenvalue weighted by molar-refractivity contribution is 5.63. The topological polar surface area (TPSA) is 99.5 Å². The zero-order valence-corrected chi connectivity index (χ0v) is 15.3. The molecule has 3 aromatic heterocycles. The van der Waals surface area contributed by atoms with Gasteiger partial charge in [-0.2, -0.15) is 9.38 Å². The number of nitrogens with one attached hydrogen (secondary N) is 1. The minimum atomic E-state index is -0.439. The highest BCUT2D eigenvalue weighted by Gasteiger charge is 2.27. The van der Waals surface area contributed by atoms with Crippen LogP contribution in [0.25, 0.3) is 5.65 Å². The third kappa shape index (κ3) is 3.02. The molecule has 0 fully saturated rings. The summed E-state index contributed by atoms with van der Waals surface area (Å²) in [5, 5.41) is 14.9.